The van der Waals surface area contributed by atoms with Gasteiger partial charge in [-0.3, -0.25) is 4.79 Å². The van der Waals surface area contributed by atoms with Gasteiger partial charge in [0, 0.05) is 10.9 Å². The van der Waals surface area contributed by atoms with E-state index in [2.05, 4.69) is 0 Å². The molecule has 5 nitrogen and oxygen atoms in total. The number of benzene rings is 1. The minimum absolute atomic E-state index is 0.191. The third-order valence-corrected chi connectivity index (χ3v) is 3.44. The highest BCUT2D eigenvalue weighted by Crippen LogP contribution is 2.29. The van der Waals surface area contributed by atoms with Crippen molar-refractivity contribution in [2.75, 3.05) is 6.61 Å². The van der Waals surface area contributed by atoms with Crippen LogP contribution in [0.1, 0.15) is 30.0 Å². The number of hydrogen-bond donors (Lipinski definition) is 1. The van der Waals surface area contributed by atoms with Crippen molar-refractivity contribution in [3.63, 3.8) is 0 Å². The molecule has 1 aromatic carbocycles. The summed E-state index contributed by atoms with van der Waals surface area (Å²) in [5, 5.41) is 9.63. The zero-order valence-corrected chi connectivity index (χ0v) is 12.4. The number of aryl methyl sites for hydroxylation is 2. The van der Waals surface area contributed by atoms with Crippen molar-refractivity contribution in [3.05, 3.63) is 39.2 Å². The largest absolute Gasteiger partial charge is 0.493 e. The van der Waals surface area contributed by atoms with Crippen LogP contribution < -0.4 is 10.4 Å². The number of fused-ring (bicyclic) bond motifs is 1. The maximum atomic E-state index is 12.0. The van der Waals surface area contributed by atoms with Gasteiger partial charge in [0.15, 0.2) is 0 Å². The number of carbonyl (C=O) groups is 1. The fourth-order valence-electron chi connectivity index (χ4n) is 2.29. The summed E-state index contributed by atoms with van der Waals surface area (Å²) in [4.78, 5) is 22.8. The van der Waals surface area contributed by atoms with Gasteiger partial charge in [-0.15, -0.1) is 0 Å². The van der Waals surface area contributed by atoms with E-state index in [1.165, 1.54) is 0 Å². The highest BCUT2D eigenvalue weighted by Gasteiger charge is 2.16. The van der Waals surface area contributed by atoms with Crippen LogP contribution in [0.15, 0.2) is 21.3 Å². The van der Waals surface area contributed by atoms with E-state index >= 15 is 0 Å². The zero-order valence-electron chi connectivity index (χ0n) is 12.4. The smallest absolute Gasteiger partial charge is 0.340 e. The van der Waals surface area contributed by atoms with Crippen molar-refractivity contribution in [3.8, 4) is 5.75 Å². The Morgan fingerprint density at radius 1 is 1.29 bits per heavy atom. The summed E-state index contributed by atoms with van der Waals surface area (Å²) in [6.07, 6.45) is 0.551. The first-order valence-corrected chi connectivity index (χ1v) is 6.86. The quantitative estimate of drug-likeness (QED) is 0.857. The second-order valence-corrected chi connectivity index (χ2v) is 4.98. The Labute approximate surface area is 122 Å². The van der Waals surface area contributed by atoms with Gasteiger partial charge in [-0.05, 0) is 38.0 Å². The van der Waals surface area contributed by atoms with E-state index in [1.807, 2.05) is 19.9 Å². The second-order valence-electron chi connectivity index (χ2n) is 4.98. The molecule has 1 heterocycles. The highest BCUT2D eigenvalue weighted by atomic mass is 16.5. The first-order chi connectivity index (χ1) is 9.95. The summed E-state index contributed by atoms with van der Waals surface area (Å²) in [5.74, 6) is -0.373. The highest BCUT2D eigenvalue weighted by molar-refractivity contribution is 5.86. The van der Waals surface area contributed by atoms with Gasteiger partial charge in [0.1, 0.15) is 11.3 Å². The molecule has 0 saturated heterocycles. The Morgan fingerprint density at radius 3 is 2.62 bits per heavy atom. The third kappa shape index (κ3) is 2.91. The SMILES string of the molecule is CCCOc1ccc2c(C)c(CC(=O)O)c(=O)oc2c1C. The molecule has 0 atom stereocenters. The fraction of sp³-hybridized carbons (Fsp3) is 0.375. The topological polar surface area (TPSA) is 76.7 Å². The van der Waals surface area contributed by atoms with Crippen LogP contribution in [-0.4, -0.2) is 17.7 Å². The number of rotatable bonds is 5. The molecule has 2 aromatic rings. The van der Waals surface area contributed by atoms with Crippen LogP contribution in [-0.2, 0) is 11.2 Å². The number of hydrogen-bond acceptors (Lipinski definition) is 4. The van der Waals surface area contributed by atoms with E-state index in [0.29, 0.717) is 23.5 Å². The van der Waals surface area contributed by atoms with Crippen molar-refractivity contribution >= 4 is 16.9 Å². The average molecular weight is 290 g/mol. The molecule has 1 aromatic heterocycles. The first kappa shape index (κ1) is 15.1. The van der Waals surface area contributed by atoms with Crippen molar-refractivity contribution < 1.29 is 19.1 Å². The molecule has 0 aliphatic heterocycles. The summed E-state index contributed by atoms with van der Waals surface area (Å²) in [7, 11) is 0. The standard InChI is InChI=1S/C16H18O5/c1-4-7-20-13-6-5-11-9(2)12(8-14(17)18)16(19)21-15(11)10(13)3/h5-6H,4,7-8H2,1-3H3,(H,17,18). The molecule has 0 spiro atoms. The van der Waals surface area contributed by atoms with Crippen molar-refractivity contribution in [1.29, 1.82) is 0 Å². The van der Waals surface area contributed by atoms with E-state index in [4.69, 9.17) is 14.3 Å². The number of ether oxygens (including phenoxy) is 1. The summed E-state index contributed by atoms with van der Waals surface area (Å²) < 4.78 is 10.9. The lowest BCUT2D eigenvalue weighted by atomic mass is 10.0. The summed E-state index contributed by atoms with van der Waals surface area (Å²) >= 11 is 0. The number of carboxylic acid groups (broad SMARTS) is 1. The fourth-order valence-corrected chi connectivity index (χ4v) is 2.29. The van der Waals surface area contributed by atoms with Crippen LogP contribution in [0.25, 0.3) is 11.0 Å². The Bertz CT molecular complexity index is 742. The Morgan fingerprint density at radius 2 is 2.00 bits per heavy atom. The molecule has 0 fully saturated rings. The van der Waals surface area contributed by atoms with Crippen molar-refractivity contribution in [1.82, 2.24) is 0 Å². The minimum Gasteiger partial charge on any atom is -0.493 e. The molecule has 5 heteroatoms. The van der Waals surface area contributed by atoms with Gasteiger partial charge in [0.25, 0.3) is 0 Å². The normalized spacial score (nSPS) is 10.8. The predicted octanol–water partition coefficient (Wildman–Crippen LogP) is 2.83. The van der Waals surface area contributed by atoms with E-state index < -0.39 is 11.6 Å². The summed E-state index contributed by atoms with van der Waals surface area (Å²) in [6.45, 7) is 6.17. The summed E-state index contributed by atoms with van der Waals surface area (Å²) in [6, 6.07) is 3.63. The Kier molecular flexibility index (Phi) is 4.31. The molecular weight excluding hydrogens is 272 g/mol. The minimum atomic E-state index is -1.05. The molecule has 0 aliphatic rings. The molecule has 0 aliphatic carbocycles. The number of aliphatic carboxylic acids is 1. The van der Waals surface area contributed by atoms with Gasteiger partial charge in [0.05, 0.1) is 18.6 Å². The van der Waals surface area contributed by atoms with Gasteiger partial charge in [-0.2, -0.15) is 0 Å². The van der Waals surface area contributed by atoms with E-state index in [-0.39, 0.29) is 12.0 Å². The van der Waals surface area contributed by atoms with Crippen molar-refractivity contribution in [2.24, 2.45) is 0 Å². The van der Waals surface area contributed by atoms with E-state index in [9.17, 15) is 9.59 Å². The second kappa shape index (κ2) is 5.99. The molecular formula is C16H18O5. The van der Waals surface area contributed by atoms with Gasteiger partial charge < -0.3 is 14.3 Å². The maximum absolute atomic E-state index is 12.0. The van der Waals surface area contributed by atoms with Crippen molar-refractivity contribution in [2.45, 2.75) is 33.6 Å². The molecule has 2 rings (SSSR count). The van der Waals surface area contributed by atoms with E-state index in [0.717, 1.165) is 17.4 Å². The molecule has 112 valence electrons. The third-order valence-electron chi connectivity index (χ3n) is 3.44. The lowest BCUT2D eigenvalue weighted by Gasteiger charge is -2.12. The summed E-state index contributed by atoms with van der Waals surface area (Å²) in [5.41, 5.74) is 1.45. The van der Waals surface area contributed by atoms with Gasteiger partial charge in [0.2, 0.25) is 0 Å². The first-order valence-electron chi connectivity index (χ1n) is 6.86. The van der Waals surface area contributed by atoms with Crippen LogP contribution in [0.3, 0.4) is 0 Å². The van der Waals surface area contributed by atoms with Crippen LogP contribution >= 0.6 is 0 Å². The van der Waals surface area contributed by atoms with Gasteiger partial charge in [-0.1, -0.05) is 6.92 Å². The monoisotopic (exact) mass is 290 g/mol. The van der Waals surface area contributed by atoms with E-state index in [1.54, 1.807) is 13.0 Å². The van der Waals surface area contributed by atoms with Crippen LogP contribution in [0.4, 0.5) is 0 Å². The van der Waals surface area contributed by atoms with Crippen LogP contribution in [0, 0.1) is 13.8 Å². The van der Waals surface area contributed by atoms with Crippen LogP contribution in [0.5, 0.6) is 5.75 Å². The maximum Gasteiger partial charge on any atom is 0.340 e. The Balaban J connectivity index is 2.63. The van der Waals surface area contributed by atoms with Gasteiger partial charge in [-0.25, -0.2) is 4.79 Å². The molecule has 1 N–H and O–H groups in total. The Hall–Kier alpha value is -2.30. The van der Waals surface area contributed by atoms with Crippen LogP contribution in [0.2, 0.25) is 0 Å². The molecule has 0 unspecified atom stereocenters. The molecule has 0 bridgehead atoms. The lowest BCUT2D eigenvalue weighted by Crippen LogP contribution is -2.15. The predicted molar refractivity (Wildman–Crippen MR) is 79.1 cm³/mol. The molecule has 0 saturated carbocycles. The molecule has 0 amide bonds. The zero-order chi connectivity index (χ0) is 15.6. The number of carboxylic acids is 1. The molecule has 0 radical (unpaired) electrons. The average Bonchev–Trinajstić information content (AvgIpc) is 2.43. The van der Waals surface area contributed by atoms with Gasteiger partial charge >= 0.3 is 11.6 Å². The lowest BCUT2D eigenvalue weighted by molar-refractivity contribution is -0.136. The molecule has 21 heavy (non-hydrogen) atoms.